The molecule has 0 fully saturated rings. The maximum absolute atomic E-state index is 6.01. The van der Waals surface area contributed by atoms with Crippen LogP contribution in [0.25, 0.3) is 0 Å². The minimum Gasteiger partial charge on any atom is -0.493 e. The summed E-state index contributed by atoms with van der Waals surface area (Å²) in [5.41, 5.74) is 8.01. The molecule has 2 rings (SSSR count). The quantitative estimate of drug-likeness (QED) is 0.274. The molecule has 0 saturated heterocycles. The smallest absolute Gasteiger partial charge is 0.213 e. The maximum atomic E-state index is 6.01. The van der Waals surface area contributed by atoms with E-state index in [-0.39, 0.29) is 30.1 Å². The van der Waals surface area contributed by atoms with Gasteiger partial charge in [0, 0.05) is 18.8 Å². The van der Waals surface area contributed by atoms with Crippen LogP contribution < -0.4 is 25.3 Å². The number of nitrogens with zero attached hydrogens (tertiary/aromatic N) is 2. The highest BCUT2D eigenvalue weighted by atomic mass is 127. The van der Waals surface area contributed by atoms with Gasteiger partial charge in [-0.2, -0.15) is 0 Å². The Morgan fingerprint density at radius 3 is 2.47 bits per heavy atom. The number of methoxy groups -OCH3 is 2. The highest BCUT2D eigenvalue weighted by Gasteiger charge is 2.08. The minimum absolute atomic E-state index is 0. The molecule has 1 unspecified atom stereocenters. The Bertz CT molecular complexity index is 815. The van der Waals surface area contributed by atoms with Gasteiger partial charge < -0.3 is 25.3 Å². The lowest BCUT2D eigenvalue weighted by atomic mass is 10.1. The van der Waals surface area contributed by atoms with Crippen molar-refractivity contribution in [3.8, 4) is 17.4 Å². The van der Waals surface area contributed by atoms with Gasteiger partial charge in [-0.05, 0) is 48.6 Å². The molecule has 0 radical (unpaired) electrons. The average molecular weight is 528 g/mol. The van der Waals surface area contributed by atoms with E-state index in [9.17, 15) is 0 Å². The van der Waals surface area contributed by atoms with Crippen LogP contribution in [-0.2, 0) is 13.1 Å². The zero-order valence-corrected chi connectivity index (χ0v) is 20.7. The van der Waals surface area contributed by atoms with Crippen molar-refractivity contribution in [2.24, 2.45) is 16.6 Å². The lowest BCUT2D eigenvalue weighted by molar-refractivity contribution is 0.185. The molecule has 0 bridgehead atoms. The van der Waals surface area contributed by atoms with Gasteiger partial charge in [-0.15, -0.1) is 24.0 Å². The maximum Gasteiger partial charge on any atom is 0.213 e. The summed E-state index contributed by atoms with van der Waals surface area (Å²) in [6.45, 7) is 7.40. The van der Waals surface area contributed by atoms with Gasteiger partial charge in [0.1, 0.15) is 0 Å². The van der Waals surface area contributed by atoms with E-state index in [1.54, 1.807) is 20.4 Å². The van der Waals surface area contributed by atoms with Gasteiger partial charge in [-0.25, -0.2) is 9.98 Å². The van der Waals surface area contributed by atoms with Crippen LogP contribution in [0.3, 0.4) is 0 Å². The molecular formula is C22H33IN4O3. The molecule has 0 aliphatic heterocycles. The molecule has 166 valence electrons. The molecule has 1 heterocycles. The second kappa shape index (κ2) is 13.1. The van der Waals surface area contributed by atoms with Crippen molar-refractivity contribution < 1.29 is 14.2 Å². The van der Waals surface area contributed by atoms with Crippen LogP contribution in [0.15, 0.2) is 41.5 Å². The van der Waals surface area contributed by atoms with E-state index in [0.717, 1.165) is 17.5 Å². The van der Waals surface area contributed by atoms with E-state index in [0.29, 0.717) is 42.3 Å². The number of hydrogen-bond acceptors (Lipinski definition) is 5. The molecule has 8 heteroatoms. The van der Waals surface area contributed by atoms with Gasteiger partial charge in [0.15, 0.2) is 17.5 Å². The Morgan fingerprint density at radius 2 is 1.80 bits per heavy atom. The van der Waals surface area contributed by atoms with Crippen LogP contribution in [-0.4, -0.2) is 31.3 Å². The molecule has 1 aromatic carbocycles. The first-order valence-corrected chi connectivity index (χ1v) is 9.77. The van der Waals surface area contributed by atoms with Crippen molar-refractivity contribution in [1.82, 2.24) is 10.3 Å². The predicted molar refractivity (Wildman–Crippen MR) is 131 cm³/mol. The third-order valence-corrected chi connectivity index (χ3v) is 4.28. The van der Waals surface area contributed by atoms with Gasteiger partial charge in [-0.3, -0.25) is 0 Å². The Balaban J connectivity index is 0.00000450. The number of hydrogen-bond donors (Lipinski definition) is 2. The summed E-state index contributed by atoms with van der Waals surface area (Å²) in [5.74, 6) is 2.93. The number of ether oxygens (including phenoxy) is 3. The van der Waals surface area contributed by atoms with Crippen molar-refractivity contribution in [3.63, 3.8) is 0 Å². The highest BCUT2D eigenvalue weighted by molar-refractivity contribution is 14.0. The second-order valence-electron chi connectivity index (χ2n) is 7.30. The van der Waals surface area contributed by atoms with Crippen molar-refractivity contribution in [2.75, 3.05) is 14.2 Å². The summed E-state index contributed by atoms with van der Waals surface area (Å²) in [5, 5.41) is 3.12. The first-order chi connectivity index (χ1) is 13.9. The van der Waals surface area contributed by atoms with Crippen LogP contribution in [0.5, 0.6) is 17.4 Å². The SMILES string of the molecule is COc1ccc(CN=C(N)NCc2ccnc(OC(C)CC(C)C)c2)cc1OC.I. The summed E-state index contributed by atoms with van der Waals surface area (Å²) in [4.78, 5) is 8.67. The van der Waals surface area contributed by atoms with Gasteiger partial charge >= 0.3 is 0 Å². The van der Waals surface area contributed by atoms with E-state index in [1.807, 2.05) is 30.3 Å². The van der Waals surface area contributed by atoms with Gasteiger partial charge in [0.2, 0.25) is 5.88 Å². The molecule has 3 N–H and O–H groups in total. The first kappa shape index (κ1) is 25.8. The van der Waals surface area contributed by atoms with E-state index in [1.165, 1.54) is 0 Å². The molecule has 7 nitrogen and oxygen atoms in total. The molecule has 0 aliphatic carbocycles. The van der Waals surface area contributed by atoms with E-state index in [4.69, 9.17) is 19.9 Å². The largest absolute Gasteiger partial charge is 0.493 e. The lowest BCUT2D eigenvalue weighted by Crippen LogP contribution is -2.31. The first-order valence-electron chi connectivity index (χ1n) is 9.77. The molecule has 0 spiro atoms. The fourth-order valence-corrected chi connectivity index (χ4v) is 2.95. The standard InChI is InChI=1S/C22H32N4O3.HI/c1-15(2)10-16(3)29-21-12-18(8-9-24-21)14-26-22(23)25-13-17-6-7-19(27-4)20(11-17)28-5;/h6-9,11-12,15-16H,10,13-14H2,1-5H3,(H3,23,25,26);1H. The third kappa shape index (κ3) is 8.64. The molecule has 2 aromatic rings. The van der Waals surface area contributed by atoms with Crippen molar-refractivity contribution in [1.29, 1.82) is 0 Å². The molecule has 30 heavy (non-hydrogen) atoms. The Labute approximate surface area is 196 Å². The van der Waals surface area contributed by atoms with Crippen LogP contribution in [0, 0.1) is 5.92 Å². The molecular weight excluding hydrogens is 495 g/mol. The Morgan fingerprint density at radius 1 is 1.07 bits per heavy atom. The van der Waals surface area contributed by atoms with Crippen molar-refractivity contribution in [2.45, 2.75) is 46.4 Å². The number of nitrogens with two attached hydrogens (primary N) is 1. The number of guanidine groups is 1. The van der Waals surface area contributed by atoms with Gasteiger partial charge in [0.05, 0.1) is 26.9 Å². The number of halogens is 1. The predicted octanol–water partition coefficient (Wildman–Crippen LogP) is 4.13. The van der Waals surface area contributed by atoms with E-state index >= 15 is 0 Å². The van der Waals surface area contributed by atoms with Crippen molar-refractivity contribution in [3.05, 3.63) is 47.7 Å². The highest BCUT2D eigenvalue weighted by Crippen LogP contribution is 2.27. The zero-order valence-electron chi connectivity index (χ0n) is 18.3. The summed E-state index contributed by atoms with van der Waals surface area (Å²) in [6.07, 6.45) is 2.85. The van der Waals surface area contributed by atoms with Crippen LogP contribution in [0.1, 0.15) is 38.3 Å². The van der Waals surface area contributed by atoms with Crippen molar-refractivity contribution >= 4 is 29.9 Å². The summed E-state index contributed by atoms with van der Waals surface area (Å²) in [7, 11) is 3.22. The number of aromatic nitrogens is 1. The average Bonchev–Trinajstić information content (AvgIpc) is 2.70. The number of rotatable bonds is 10. The normalized spacial score (nSPS) is 12.1. The number of nitrogens with one attached hydrogen (secondary N) is 1. The fourth-order valence-electron chi connectivity index (χ4n) is 2.95. The minimum atomic E-state index is 0. The van der Waals surface area contributed by atoms with Crippen LogP contribution in [0.2, 0.25) is 0 Å². The third-order valence-electron chi connectivity index (χ3n) is 4.28. The Kier molecular flexibility index (Phi) is 11.3. The van der Waals surface area contributed by atoms with Gasteiger partial charge in [-0.1, -0.05) is 19.9 Å². The number of pyridine rings is 1. The van der Waals surface area contributed by atoms with Crippen LogP contribution >= 0.6 is 24.0 Å². The lowest BCUT2D eigenvalue weighted by Gasteiger charge is -2.16. The molecule has 1 aromatic heterocycles. The number of benzene rings is 1. The summed E-state index contributed by atoms with van der Waals surface area (Å²) in [6, 6.07) is 9.52. The summed E-state index contributed by atoms with van der Waals surface area (Å²) < 4.78 is 16.5. The molecule has 0 aliphatic rings. The molecule has 0 amide bonds. The topological polar surface area (TPSA) is 91.0 Å². The van der Waals surface area contributed by atoms with E-state index in [2.05, 4.69) is 36.1 Å². The van der Waals surface area contributed by atoms with E-state index < -0.39 is 0 Å². The molecule has 0 saturated carbocycles. The summed E-state index contributed by atoms with van der Waals surface area (Å²) >= 11 is 0. The van der Waals surface area contributed by atoms with Crippen LogP contribution in [0.4, 0.5) is 0 Å². The number of aliphatic imine (C=N–C) groups is 1. The monoisotopic (exact) mass is 528 g/mol. The Hall–Kier alpha value is -2.23. The zero-order chi connectivity index (χ0) is 21.2. The molecule has 1 atom stereocenters. The van der Waals surface area contributed by atoms with Gasteiger partial charge in [0.25, 0.3) is 0 Å². The second-order valence-corrected chi connectivity index (χ2v) is 7.30. The fraction of sp³-hybridized carbons (Fsp3) is 0.455.